The first-order valence-electron chi connectivity index (χ1n) is 6.71. The highest BCUT2D eigenvalue weighted by Gasteiger charge is 2.35. The van der Waals surface area contributed by atoms with Crippen LogP contribution >= 0.6 is 0 Å². The number of hydrogen-bond donors (Lipinski definition) is 1. The molecule has 1 fully saturated rings. The van der Waals surface area contributed by atoms with Crippen LogP contribution in [0.1, 0.15) is 37.8 Å². The largest absolute Gasteiger partial charge is 0.497 e. The van der Waals surface area contributed by atoms with E-state index in [0.29, 0.717) is 0 Å². The Labute approximate surface area is 114 Å². The molecule has 1 aliphatic heterocycles. The van der Waals surface area contributed by atoms with E-state index < -0.39 is 0 Å². The molecule has 0 saturated carbocycles. The Morgan fingerprint density at radius 3 is 2.26 bits per heavy atom. The molecule has 2 N–H and O–H groups in total. The first kappa shape index (κ1) is 14.2. The van der Waals surface area contributed by atoms with Crippen molar-refractivity contribution in [3.63, 3.8) is 0 Å². The molecule has 19 heavy (non-hydrogen) atoms. The molecule has 0 bridgehead atoms. The zero-order valence-corrected chi connectivity index (χ0v) is 11.9. The molecule has 0 spiro atoms. The van der Waals surface area contributed by atoms with Gasteiger partial charge >= 0.3 is 0 Å². The molecule has 0 aromatic heterocycles. The van der Waals surface area contributed by atoms with Crippen LogP contribution in [0.5, 0.6) is 11.5 Å². The molecule has 1 saturated heterocycles. The molecule has 0 aliphatic carbocycles. The van der Waals surface area contributed by atoms with Crippen LogP contribution in [-0.4, -0.2) is 26.4 Å². The molecule has 1 aromatic carbocycles. The molecule has 2 unspecified atom stereocenters. The summed E-state index contributed by atoms with van der Waals surface area (Å²) in [6, 6.07) is 5.57. The molecule has 106 valence electrons. The van der Waals surface area contributed by atoms with E-state index in [1.54, 1.807) is 14.2 Å². The van der Waals surface area contributed by atoms with E-state index in [1.165, 1.54) is 0 Å². The van der Waals surface area contributed by atoms with Crippen molar-refractivity contribution in [1.29, 1.82) is 0 Å². The Bertz CT molecular complexity index is 405. The first-order valence-corrected chi connectivity index (χ1v) is 6.71. The van der Waals surface area contributed by atoms with Crippen molar-refractivity contribution in [2.45, 2.75) is 37.8 Å². The summed E-state index contributed by atoms with van der Waals surface area (Å²) >= 11 is 0. The monoisotopic (exact) mass is 265 g/mol. The molecular formula is C15H23NO3. The van der Waals surface area contributed by atoms with Crippen LogP contribution in [0.4, 0.5) is 0 Å². The number of rotatable bonds is 4. The second kappa shape index (κ2) is 5.80. The molecule has 1 aliphatic rings. The highest BCUT2D eigenvalue weighted by molar-refractivity contribution is 5.40. The van der Waals surface area contributed by atoms with Crippen molar-refractivity contribution in [2.75, 3.05) is 20.8 Å². The maximum absolute atomic E-state index is 6.42. The van der Waals surface area contributed by atoms with Crippen LogP contribution in [-0.2, 0) is 4.74 Å². The van der Waals surface area contributed by atoms with Gasteiger partial charge in [0.2, 0.25) is 0 Å². The summed E-state index contributed by atoms with van der Waals surface area (Å²) in [5.74, 6) is 1.51. The third-order valence-electron chi connectivity index (χ3n) is 3.89. The van der Waals surface area contributed by atoms with Gasteiger partial charge in [0.15, 0.2) is 0 Å². The Morgan fingerprint density at radius 1 is 1.16 bits per heavy atom. The van der Waals surface area contributed by atoms with Gasteiger partial charge in [-0.15, -0.1) is 0 Å². The summed E-state index contributed by atoms with van der Waals surface area (Å²) < 4.78 is 16.5. The zero-order chi connectivity index (χ0) is 13.9. The zero-order valence-electron chi connectivity index (χ0n) is 11.9. The lowest BCUT2D eigenvalue weighted by Crippen LogP contribution is -2.43. The second-order valence-corrected chi connectivity index (χ2v) is 5.24. The molecule has 1 heterocycles. The fourth-order valence-corrected chi connectivity index (χ4v) is 2.56. The summed E-state index contributed by atoms with van der Waals surface area (Å²) in [4.78, 5) is 0. The molecule has 0 amide bonds. The molecule has 2 rings (SSSR count). The maximum Gasteiger partial charge on any atom is 0.122 e. The summed E-state index contributed by atoms with van der Waals surface area (Å²) in [5, 5.41) is 0. The highest BCUT2D eigenvalue weighted by atomic mass is 16.5. The van der Waals surface area contributed by atoms with Crippen LogP contribution in [0.15, 0.2) is 18.2 Å². The van der Waals surface area contributed by atoms with Crippen molar-refractivity contribution < 1.29 is 14.2 Å². The van der Waals surface area contributed by atoms with Gasteiger partial charge in [-0.25, -0.2) is 0 Å². The molecule has 4 heteroatoms. The number of hydrogen-bond acceptors (Lipinski definition) is 4. The van der Waals surface area contributed by atoms with Crippen LogP contribution < -0.4 is 15.2 Å². The second-order valence-electron chi connectivity index (χ2n) is 5.24. The van der Waals surface area contributed by atoms with E-state index in [9.17, 15) is 0 Å². The van der Waals surface area contributed by atoms with Gasteiger partial charge in [0.1, 0.15) is 11.5 Å². The molecular weight excluding hydrogens is 242 g/mol. The van der Waals surface area contributed by atoms with Crippen molar-refractivity contribution in [3.05, 3.63) is 23.8 Å². The molecule has 2 atom stereocenters. The van der Waals surface area contributed by atoms with Gasteiger partial charge in [0.05, 0.1) is 25.9 Å². The van der Waals surface area contributed by atoms with Crippen molar-refractivity contribution in [2.24, 2.45) is 5.73 Å². The van der Waals surface area contributed by atoms with Crippen molar-refractivity contribution in [1.82, 2.24) is 0 Å². The van der Waals surface area contributed by atoms with E-state index in [1.807, 2.05) is 18.2 Å². The van der Waals surface area contributed by atoms with E-state index in [4.69, 9.17) is 19.9 Å². The fourth-order valence-electron chi connectivity index (χ4n) is 2.56. The van der Waals surface area contributed by atoms with Gasteiger partial charge in [-0.2, -0.15) is 0 Å². The predicted octanol–water partition coefficient (Wildman–Crippen LogP) is 2.66. The number of benzene rings is 1. The normalized spacial score (nSPS) is 24.8. The van der Waals surface area contributed by atoms with Crippen molar-refractivity contribution in [3.8, 4) is 11.5 Å². The minimum atomic E-state index is -0.310. The summed E-state index contributed by atoms with van der Waals surface area (Å²) in [5.41, 5.74) is 7.09. The molecule has 1 aromatic rings. The van der Waals surface area contributed by atoms with E-state index in [0.717, 1.165) is 42.9 Å². The van der Waals surface area contributed by atoms with E-state index in [-0.39, 0.29) is 11.6 Å². The number of methoxy groups -OCH3 is 2. The number of nitrogens with two attached hydrogens (primary N) is 1. The van der Waals surface area contributed by atoms with E-state index in [2.05, 4.69) is 6.92 Å². The minimum Gasteiger partial charge on any atom is -0.497 e. The van der Waals surface area contributed by atoms with Gasteiger partial charge in [-0.05, 0) is 43.9 Å². The lowest BCUT2D eigenvalue weighted by Gasteiger charge is -2.39. The fraction of sp³-hybridized carbons (Fsp3) is 0.600. The van der Waals surface area contributed by atoms with Crippen LogP contribution in [0.3, 0.4) is 0 Å². The summed E-state index contributed by atoms with van der Waals surface area (Å²) in [6.07, 6.45) is 3.25. The van der Waals surface area contributed by atoms with E-state index >= 15 is 0 Å². The Morgan fingerprint density at radius 2 is 1.79 bits per heavy atom. The maximum atomic E-state index is 6.42. The van der Waals surface area contributed by atoms with Crippen LogP contribution in [0, 0.1) is 0 Å². The van der Waals surface area contributed by atoms with Crippen LogP contribution in [0.25, 0.3) is 0 Å². The third-order valence-corrected chi connectivity index (χ3v) is 3.89. The average Bonchev–Trinajstić information content (AvgIpc) is 2.46. The van der Waals surface area contributed by atoms with Gasteiger partial charge in [0, 0.05) is 12.7 Å². The van der Waals surface area contributed by atoms with Gasteiger partial charge in [0.25, 0.3) is 0 Å². The molecule has 4 nitrogen and oxygen atoms in total. The predicted molar refractivity (Wildman–Crippen MR) is 74.7 cm³/mol. The van der Waals surface area contributed by atoms with Gasteiger partial charge in [-0.3, -0.25) is 0 Å². The lowest BCUT2D eigenvalue weighted by molar-refractivity contribution is -0.0821. The van der Waals surface area contributed by atoms with Crippen LogP contribution in [0.2, 0.25) is 0 Å². The van der Waals surface area contributed by atoms with Gasteiger partial charge in [-0.1, -0.05) is 0 Å². The summed E-state index contributed by atoms with van der Waals surface area (Å²) in [6.45, 7) is 2.87. The average molecular weight is 265 g/mol. The Kier molecular flexibility index (Phi) is 4.32. The third kappa shape index (κ3) is 3.01. The SMILES string of the molecule is COc1cc(OC)cc(C(N)C2(C)CCCCO2)c1. The quantitative estimate of drug-likeness (QED) is 0.909. The Hall–Kier alpha value is -1.26. The highest BCUT2D eigenvalue weighted by Crippen LogP contribution is 2.37. The standard InChI is InChI=1S/C15H23NO3/c1-15(6-4-5-7-19-15)14(16)11-8-12(17-2)10-13(9-11)18-3/h8-10,14H,4-7,16H2,1-3H3. The number of ether oxygens (including phenoxy) is 3. The minimum absolute atomic E-state index is 0.184. The van der Waals surface area contributed by atoms with Gasteiger partial charge < -0.3 is 19.9 Å². The molecule has 0 radical (unpaired) electrons. The van der Waals surface area contributed by atoms with Crippen molar-refractivity contribution >= 4 is 0 Å². The summed E-state index contributed by atoms with van der Waals surface area (Å²) in [7, 11) is 3.28. The lowest BCUT2D eigenvalue weighted by atomic mass is 9.84. The topological polar surface area (TPSA) is 53.7 Å². The smallest absolute Gasteiger partial charge is 0.122 e. The first-order chi connectivity index (χ1) is 9.09. The Balaban J connectivity index is 2.29.